The van der Waals surface area contributed by atoms with E-state index in [-0.39, 0.29) is 37.5 Å². The summed E-state index contributed by atoms with van der Waals surface area (Å²) in [6.07, 6.45) is 91.3. The van der Waals surface area contributed by atoms with Gasteiger partial charge >= 0.3 is 17.9 Å². The molecular weight excluding hydrogens is 973 g/mol. The second-order valence-electron chi connectivity index (χ2n) is 22.0. The first-order valence-electron chi connectivity index (χ1n) is 33.4. The fourth-order valence-corrected chi connectivity index (χ4v) is 9.37. The Morgan fingerprint density at radius 3 is 0.848 bits per heavy atom. The van der Waals surface area contributed by atoms with Gasteiger partial charge in [-0.05, 0) is 89.9 Å². The third-order valence-corrected chi connectivity index (χ3v) is 14.3. The molecule has 0 aromatic rings. The van der Waals surface area contributed by atoms with Crippen LogP contribution in [0, 0.1) is 0 Å². The van der Waals surface area contributed by atoms with E-state index in [2.05, 4.69) is 124 Å². The summed E-state index contributed by atoms with van der Waals surface area (Å²) >= 11 is 0. The van der Waals surface area contributed by atoms with Crippen LogP contribution in [0.3, 0.4) is 0 Å². The van der Waals surface area contributed by atoms with E-state index in [0.29, 0.717) is 19.3 Å². The lowest BCUT2D eigenvalue weighted by molar-refractivity contribution is -0.166. The average Bonchev–Trinajstić information content (AvgIpc) is 3.45. The Labute approximate surface area is 489 Å². The van der Waals surface area contributed by atoms with Gasteiger partial charge < -0.3 is 14.2 Å². The number of rotatable bonds is 60. The van der Waals surface area contributed by atoms with Crippen molar-refractivity contribution in [2.75, 3.05) is 13.2 Å². The molecule has 452 valence electrons. The number of esters is 3. The monoisotopic (exact) mass is 1100 g/mol. The van der Waals surface area contributed by atoms with E-state index in [1.807, 2.05) is 6.08 Å². The van der Waals surface area contributed by atoms with Crippen LogP contribution in [0.25, 0.3) is 0 Å². The summed E-state index contributed by atoms with van der Waals surface area (Å²) in [5, 5.41) is 0. The summed E-state index contributed by atoms with van der Waals surface area (Å²) in [6, 6.07) is 0. The van der Waals surface area contributed by atoms with Crippen LogP contribution in [-0.4, -0.2) is 37.2 Å². The molecule has 0 saturated carbocycles. The van der Waals surface area contributed by atoms with Crippen molar-refractivity contribution in [3.05, 3.63) is 109 Å². The van der Waals surface area contributed by atoms with Gasteiger partial charge in [-0.1, -0.05) is 316 Å². The van der Waals surface area contributed by atoms with Crippen LogP contribution in [0.1, 0.15) is 316 Å². The van der Waals surface area contributed by atoms with Gasteiger partial charge in [0.25, 0.3) is 0 Å². The summed E-state index contributed by atoms with van der Waals surface area (Å²) in [5.41, 5.74) is 0. The first-order chi connectivity index (χ1) is 39.0. The van der Waals surface area contributed by atoms with Gasteiger partial charge in [0.2, 0.25) is 0 Å². The van der Waals surface area contributed by atoms with Gasteiger partial charge in [0, 0.05) is 19.3 Å². The van der Waals surface area contributed by atoms with Crippen molar-refractivity contribution in [1.29, 1.82) is 0 Å². The number of ether oxygens (including phenoxy) is 3. The highest BCUT2D eigenvalue weighted by Crippen LogP contribution is 2.17. The molecule has 1 atom stereocenters. The van der Waals surface area contributed by atoms with Gasteiger partial charge in [-0.15, -0.1) is 0 Å². The van der Waals surface area contributed by atoms with Gasteiger partial charge in [-0.25, -0.2) is 0 Å². The van der Waals surface area contributed by atoms with E-state index in [9.17, 15) is 14.4 Å². The summed E-state index contributed by atoms with van der Waals surface area (Å²) in [7, 11) is 0. The molecule has 0 amide bonds. The van der Waals surface area contributed by atoms with Crippen LogP contribution in [0.4, 0.5) is 0 Å². The summed E-state index contributed by atoms with van der Waals surface area (Å²) < 4.78 is 16.9. The maximum absolute atomic E-state index is 12.9. The molecule has 0 saturated heterocycles. The summed E-state index contributed by atoms with van der Waals surface area (Å²) in [6.45, 7) is 6.37. The van der Waals surface area contributed by atoms with Crippen LogP contribution in [0.5, 0.6) is 0 Å². The Hall–Kier alpha value is -3.93. The second kappa shape index (κ2) is 66.6. The molecule has 0 radical (unpaired) electrons. The molecular formula is C73H124O6. The molecule has 0 aromatic heterocycles. The van der Waals surface area contributed by atoms with E-state index in [1.54, 1.807) is 0 Å². The van der Waals surface area contributed by atoms with Crippen LogP contribution in [0.2, 0.25) is 0 Å². The van der Waals surface area contributed by atoms with Crippen molar-refractivity contribution < 1.29 is 28.6 Å². The number of unbranched alkanes of at least 4 members (excludes halogenated alkanes) is 31. The smallest absolute Gasteiger partial charge is 0.306 e. The normalized spacial score (nSPS) is 12.8. The summed E-state index contributed by atoms with van der Waals surface area (Å²) in [5.74, 6) is -0.990. The minimum Gasteiger partial charge on any atom is -0.462 e. The van der Waals surface area contributed by atoms with E-state index in [0.717, 1.165) is 109 Å². The van der Waals surface area contributed by atoms with Crippen molar-refractivity contribution in [2.24, 2.45) is 0 Å². The fourth-order valence-electron chi connectivity index (χ4n) is 9.37. The Kier molecular flexibility index (Phi) is 63.3. The zero-order valence-corrected chi connectivity index (χ0v) is 51.9. The van der Waals surface area contributed by atoms with Crippen LogP contribution in [0.15, 0.2) is 109 Å². The number of allylic oxidation sites excluding steroid dienone is 18. The van der Waals surface area contributed by atoms with Crippen molar-refractivity contribution >= 4 is 17.9 Å². The minimum absolute atomic E-state index is 0.103. The molecule has 0 aliphatic heterocycles. The first kappa shape index (κ1) is 75.1. The maximum Gasteiger partial charge on any atom is 0.306 e. The van der Waals surface area contributed by atoms with Crippen molar-refractivity contribution in [2.45, 2.75) is 322 Å². The number of hydrogen-bond donors (Lipinski definition) is 0. The standard InChI is InChI=1S/C73H124O6/c1-4-7-10-13-16-19-22-25-27-29-31-33-35-36-38-39-41-43-45-48-51-54-57-60-63-66-72(75)78-69-70(68-77-71(74)65-62-59-56-53-50-47-24-21-18-15-12-9-6-3)79-73(76)67-64-61-58-55-52-49-46-44-42-40-37-34-32-30-28-26-23-20-17-14-11-8-5-2/h8-9,11-12,17-18,20-21,26,28,32,34,40,42,47,50,56,59,70H,4-7,10,13-16,19,22-25,27,29-31,33,35-39,41,43-46,48-49,51-55,57-58,60-69H2,1-3H3/b11-8-,12-9-,20-17-,21-18-,28-26-,34-32-,42-40-,50-47-,59-56-. The Bertz CT molecular complexity index is 1590. The van der Waals surface area contributed by atoms with Crippen molar-refractivity contribution in [3.8, 4) is 0 Å². The highest BCUT2D eigenvalue weighted by Gasteiger charge is 2.19. The largest absolute Gasteiger partial charge is 0.462 e. The predicted molar refractivity (Wildman–Crippen MR) is 343 cm³/mol. The molecule has 0 aromatic carbocycles. The molecule has 0 aliphatic rings. The molecule has 6 nitrogen and oxygen atoms in total. The van der Waals surface area contributed by atoms with Crippen LogP contribution < -0.4 is 0 Å². The summed E-state index contributed by atoms with van der Waals surface area (Å²) in [4.78, 5) is 38.3. The lowest BCUT2D eigenvalue weighted by atomic mass is 10.0. The van der Waals surface area contributed by atoms with E-state index in [4.69, 9.17) is 14.2 Å². The molecule has 0 spiro atoms. The molecule has 0 heterocycles. The quantitative estimate of drug-likeness (QED) is 0.0261. The number of carbonyl (C=O) groups excluding carboxylic acids is 3. The van der Waals surface area contributed by atoms with Crippen LogP contribution in [-0.2, 0) is 28.6 Å². The molecule has 0 fully saturated rings. The SMILES string of the molecule is CC/C=C\C/C=C\C/C=C\C/C=C\C/C=C\CCCCCCCCCC(=O)OC(COC(=O)CC/C=C\C/C=C\C/C=C\C/C=C\CC)COC(=O)CCCCCCCCCCCCCCCCCCCCCCCCCCC. The lowest BCUT2D eigenvalue weighted by Crippen LogP contribution is -2.30. The molecule has 6 heteroatoms. The Balaban J connectivity index is 4.34. The van der Waals surface area contributed by atoms with Crippen LogP contribution >= 0.6 is 0 Å². The molecule has 1 unspecified atom stereocenters. The average molecular weight is 1100 g/mol. The van der Waals surface area contributed by atoms with Gasteiger partial charge in [0.05, 0.1) is 0 Å². The van der Waals surface area contributed by atoms with E-state index in [1.165, 1.54) is 161 Å². The highest BCUT2D eigenvalue weighted by atomic mass is 16.6. The molecule has 79 heavy (non-hydrogen) atoms. The van der Waals surface area contributed by atoms with Gasteiger partial charge in [-0.2, -0.15) is 0 Å². The van der Waals surface area contributed by atoms with Gasteiger partial charge in [0.1, 0.15) is 13.2 Å². The lowest BCUT2D eigenvalue weighted by Gasteiger charge is -2.18. The van der Waals surface area contributed by atoms with E-state index < -0.39 is 6.10 Å². The molecule has 0 aliphatic carbocycles. The third kappa shape index (κ3) is 64.8. The second-order valence-corrected chi connectivity index (χ2v) is 22.0. The molecule has 0 bridgehead atoms. The molecule has 0 N–H and O–H groups in total. The highest BCUT2D eigenvalue weighted by molar-refractivity contribution is 5.71. The van der Waals surface area contributed by atoms with E-state index >= 15 is 0 Å². The van der Waals surface area contributed by atoms with Gasteiger partial charge in [0.15, 0.2) is 6.10 Å². The first-order valence-corrected chi connectivity index (χ1v) is 33.4. The zero-order chi connectivity index (χ0) is 57.1. The fraction of sp³-hybridized carbons (Fsp3) is 0.712. The van der Waals surface area contributed by atoms with Crippen molar-refractivity contribution in [1.82, 2.24) is 0 Å². The maximum atomic E-state index is 12.9. The topological polar surface area (TPSA) is 78.9 Å². The van der Waals surface area contributed by atoms with Crippen molar-refractivity contribution in [3.63, 3.8) is 0 Å². The Morgan fingerprint density at radius 2 is 0.519 bits per heavy atom. The number of hydrogen-bond acceptors (Lipinski definition) is 6. The molecule has 0 rings (SSSR count). The zero-order valence-electron chi connectivity index (χ0n) is 51.9. The minimum atomic E-state index is -0.815. The number of carbonyl (C=O) groups is 3. The predicted octanol–water partition coefficient (Wildman–Crippen LogP) is 23.0. The van der Waals surface area contributed by atoms with Gasteiger partial charge in [-0.3, -0.25) is 14.4 Å². The Morgan fingerprint density at radius 1 is 0.266 bits per heavy atom. The third-order valence-electron chi connectivity index (χ3n) is 14.3.